The molecule has 1 aromatic heterocycles. The average molecular weight is 275 g/mol. The molecule has 20 heavy (non-hydrogen) atoms. The first kappa shape index (κ1) is 14.5. The molecule has 0 unspecified atom stereocenters. The van der Waals surface area contributed by atoms with Gasteiger partial charge in [0.05, 0.1) is 18.7 Å². The zero-order valence-electron chi connectivity index (χ0n) is 12.2. The maximum absolute atomic E-state index is 5.58. The first-order valence-corrected chi connectivity index (χ1v) is 6.96. The lowest BCUT2D eigenvalue weighted by Crippen LogP contribution is -2.19. The van der Waals surface area contributed by atoms with E-state index in [-0.39, 0.29) is 0 Å². The molecular formula is C15H21N3O2. The summed E-state index contributed by atoms with van der Waals surface area (Å²) >= 11 is 0. The molecular weight excluding hydrogens is 254 g/mol. The molecule has 108 valence electrons. The summed E-state index contributed by atoms with van der Waals surface area (Å²) in [4.78, 5) is 4.40. The van der Waals surface area contributed by atoms with Crippen molar-refractivity contribution in [1.82, 2.24) is 15.5 Å². The van der Waals surface area contributed by atoms with Crippen molar-refractivity contribution in [2.24, 2.45) is 5.92 Å². The molecule has 2 aromatic rings. The van der Waals surface area contributed by atoms with Gasteiger partial charge in [-0.1, -0.05) is 31.1 Å². The minimum atomic E-state index is 0.565. The van der Waals surface area contributed by atoms with Gasteiger partial charge in [-0.3, -0.25) is 0 Å². The number of nitrogens with zero attached hydrogens (tertiary/aromatic N) is 2. The van der Waals surface area contributed by atoms with Gasteiger partial charge in [0.1, 0.15) is 5.75 Å². The van der Waals surface area contributed by atoms with Crippen molar-refractivity contribution < 1.29 is 9.26 Å². The Bertz CT molecular complexity index is 537. The number of aromatic nitrogens is 2. The van der Waals surface area contributed by atoms with E-state index in [1.165, 1.54) is 0 Å². The second-order valence-corrected chi connectivity index (χ2v) is 4.97. The zero-order chi connectivity index (χ0) is 14.4. The molecule has 5 heteroatoms. The van der Waals surface area contributed by atoms with Crippen LogP contribution in [0.1, 0.15) is 26.7 Å². The molecule has 0 amide bonds. The van der Waals surface area contributed by atoms with Crippen molar-refractivity contribution in [3.05, 3.63) is 30.2 Å². The summed E-state index contributed by atoms with van der Waals surface area (Å²) in [5.41, 5.74) is 0.855. The van der Waals surface area contributed by atoms with Crippen molar-refractivity contribution >= 4 is 0 Å². The van der Waals surface area contributed by atoms with Gasteiger partial charge in [-0.25, -0.2) is 0 Å². The lowest BCUT2D eigenvalue weighted by molar-refractivity contribution is 0.340. The molecule has 0 fully saturated rings. The van der Waals surface area contributed by atoms with Crippen LogP contribution in [0.3, 0.4) is 0 Å². The molecule has 0 bridgehead atoms. The van der Waals surface area contributed by atoms with E-state index in [0.717, 1.165) is 17.9 Å². The maximum Gasteiger partial charge on any atom is 0.240 e. The third-order valence-corrected chi connectivity index (χ3v) is 2.72. The molecule has 0 saturated carbocycles. The Morgan fingerprint density at radius 3 is 2.85 bits per heavy atom. The maximum atomic E-state index is 5.58. The topological polar surface area (TPSA) is 60.2 Å². The van der Waals surface area contributed by atoms with Crippen LogP contribution < -0.4 is 10.1 Å². The number of ether oxygens (including phenoxy) is 1. The van der Waals surface area contributed by atoms with Gasteiger partial charge in [0.15, 0.2) is 0 Å². The zero-order valence-corrected chi connectivity index (χ0v) is 12.2. The summed E-state index contributed by atoms with van der Waals surface area (Å²) in [6.07, 6.45) is 0. The second kappa shape index (κ2) is 7.05. The van der Waals surface area contributed by atoms with Gasteiger partial charge < -0.3 is 14.6 Å². The van der Waals surface area contributed by atoms with Gasteiger partial charge in [0.2, 0.25) is 11.7 Å². The first-order valence-electron chi connectivity index (χ1n) is 6.96. The van der Waals surface area contributed by atoms with Crippen molar-refractivity contribution in [3.63, 3.8) is 0 Å². The van der Waals surface area contributed by atoms with Gasteiger partial charge in [-0.15, -0.1) is 0 Å². The van der Waals surface area contributed by atoms with E-state index >= 15 is 0 Å². The molecule has 0 aliphatic rings. The molecule has 0 saturated heterocycles. The lowest BCUT2D eigenvalue weighted by atomic mass is 10.2. The summed E-state index contributed by atoms with van der Waals surface area (Å²) in [5.74, 6) is 2.52. The molecule has 1 heterocycles. The standard InChI is InChI=1S/C15H21N3O2/c1-4-19-13-8-6-5-7-12(13)15-17-14(20-18-15)10-16-9-11(2)3/h5-8,11,16H,4,9-10H2,1-3H3. The Labute approximate surface area is 119 Å². The second-order valence-electron chi connectivity index (χ2n) is 4.97. The Hall–Kier alpha value is -1.88. The van der Waals surface area contributed by atoms with E-state index in [2.05, 4.69) is 29.3 Å². The molecule has 5 nitrogen and oxygen atoms in total. The van der Waals surface area contributed by atoms with Crippen LogP contribution in [0.15, 0.2) is 28.8 Å². The van der Waals surface area contributed by atoms with Gasteiger partial charge in [-0.2, -0.15) is 4.98 Å². The van der Waals surface area contributed by atoms with Crippen molar-refractivity contribution in [1.29, 1.82) is 0 Å². The summed E-state index contributed by atoms with van der Waals surface area (Å²) in [7, 11) is 0. The third kappa shape index (κ3) is 3.81. The molecule has 0 atom stereocenters. The summed E-state index contributed by atoms with van der Waals surface area (Å²) in [6, 6.07) is 7.71. The van der Waals surface area contributed by atoms with Crippen LogP contribution in [0, 0.1) is 5.92 Å². The Morgan fingerprint density at radius 2 is 2.10 bits per heavy atom. The highest BCUT2D eigenvalue weighted by Crippen LogP contribution is 2.27. The van der Waals surface area contributed by atoms with Crippen LogP contribution in [0.25, 0.3) is 11.4 Å². The molecule has 0 aliphatic heterocycles. The van der Waals surface area contributed by atoms with Gasteiger partial charge >= 0.3 is 0 Å². The average Bonchev–Trinajstić information content (AvgIpc) is 2.88. The van der Waals surface area contributed by atoms with E-state index in [0.29, 0.717) is 30.8 Å². The number of para-hydroxylation sites is 1. The number of nitrogens with one attached hydrogen (secondary N) is 1. The smallest absolute Gasteiger partial charge is 0.240 e. The van der Waals surface area contributed by atoms with Crippen molar-refractivity contribution in [2.45, 2.75) is 27.3 Å². The Morgan fingerprint density at radius 1 is 1.30 bits per heavy atom. The molecule has 0 spiro atoms. The fraction of sp³-hybridized carbons (Fsp3) is 0.467. The van der Waals surface area contributed by atoms with E-state index in [4.69, 9.17) is 9.26 Å². The summed E-state index contributed by atoms with van der Waals surface area (Å²) < 4.78 is 10.8. The highest BCUT2D eigenvalue weighted by molar-refractivity contribution is 5.63. The van der Waals surface area contributed by atoms with Crippen molar-refractivity contribution in [3.8, 4) is 17.1 Å². The van der Waals surface area contributed by atoms with E-state index in [9.17, 15) is 0 Å². The summed E-state index contributed by atoms with van der Waals surface area (Å²) in [6.45, 7) is 8.39. The molecule has 1 aromatic carbocycles. The highest BCUT2D eigenvalue weighted by atomic mass is 16.5. The summed E-state index contributed by atoms with van der Waals surface area (Å²) in [5, 5.41) is 7.30. The van der Waals surface area contributed by atoms with Crippen LogP contribution >= 0.6 is 0 Å². The normalized spacial score (nSPS) is 11.0. The number of benzene rings is 1. The third-order valence-electron chi connectivity index (χ3n) is 2.72. The van der Waals surface area contributed by atoms with Crippen LogP contribution in [0.5, 0.6) is 5.75 Å². The molecule has 0 radical (unpaired) electrons. The minimum Gasteiger partial charge on any atom is -0.493 e. The van der Waals surface area contributed by atoms with Gasteiger partial charge in [0.25, 0.3) is 0 Å². The highest BCUT2D eigenvalue weighted by Gasteiger charge is 2.12. The minimum absolute atomic E-state index is 0.565. The first-order chi connectivity index (χ1) is 9.70. The van der Waals surface area contributed by atoms with Gasteiger partial charge in [0, 0.05) is 0 Å². The molecule has 0 aliphatic carbocycles. The van der Waals surface area contributed by atoms with Crippen LogP contribution in [-0.4, -0.2) is 23.3 Å². The van der Waals surface area contributed by atoms with Crippen LogP contribution in [-0.2, 0) is 6.54 Å². The predicted octanol–water partition coefficient (Wildman–Crippen LogP) is 2.88. The fourth-order valence-corrected chi connectivity index (χ4v) is 1.84. The van der Waals surface area contributed by atoms with Crippen molar-refractivity contribution in [2.75, 3.05) is 13.2 Å². The molecule has 2 rings (SSSR count). The Kier molecular flexibility index (Phi) is 5.12. The number of hydrogen-bond acceptors (Lipinski definition) is 5. The Balaban J connectivity index is 2.08. The van der Waals surface area contributed by atoms with E-state index in [1.54, 1.807) is 0 Å². The quantitative estimate of drug-likeness (QED) is 0.842. The number of rotatable bonds is 7. The fourth-order valence-electron chi connectivity index (χ4n) is 1.84. The SMILES string of the molecule is CCOc1ccccc1-c1noc(CNCC(C)C)n1. The number of hydrogen-bond donors (Lipinski definition) is 1. The van der Waals surface area contributed by atoms with Crippen LogP contribution in [0.2, 0.25) is 0 Å². The lowest BCUT2D eigenvalue weighted by Gasteiger charge is -2.06. The van der Waals surface area contributed by atoms with Gasteiger partial charge in [-0.05, 0) is 31.5 Å². The monoisotopic (exact) mass is 275 g/mol. The predicted molar refractivity (Wildman–Crippen MR) is 77.4 cm³/mol. The largest absolute Gasteiger partial charge is 0.493 e. The van der Waals surface area contributed by atoms with E-state index in [1.807, 2.05) is 31.2 Å². The van der Waals surface area contributed by atoms with Crippen LogP contribution in [0.4, 0.5) is 0 Å². The molecule has 1 N–H and O–H groups in total. The van der Waals surface area contributed by atoms with E-state index < -0.39 is 0 Å².